The van der Waals surface area contributed by atoms with Crippen molar-refractivity contribution in [3.8, 4) is 0 Å². The Morgan fingerprint density at radius 2 is 2.00 bits per heavy atom. The molecule has 0 spiro atoms. The van der Waals surface area contributed by atoms with Crippen LogP contribution in [0.3, 0.4) is 0 Å². The van der Waals surface area contributed by atoms with Crippen LogP contribution in [0, 0.1) is 0 Å². The van der Waals surface area contributed by atoms with Crippen LogP contribution >= 0.6 is 0 Å². The minimum absolute atomic E-state index is 0.374. The van der Waals surface area contributed by atoms with Crippen molar-refractivity contribution in [2.75, 3.05) is 33.2 Å². The van der Waals surface area contributed by atoms with Crippen molar-refractivity contribution in [2.45, 2.75) is 44.0 Å². The predicted molar refractivity (Wildman–Crippen MR) is 79.1 cm³/mol. The van der Waals surface area contributed by atoms with Crippen LogP contribution in [0.2, 0.25) is 0 Å². The molecule has 1 saturated heterocycles. The van der Waals surface area contributed by atoms with Gasteiger partial charge in [0, 0.05) is 43.2 Å². The number of aromatic amines is 1. The zero-order valence-corrected chi connectivity index (χ0v) is 13.2. The summed E-state index contributed by atoms with van der Waals surface area (Å²) in [6, 6.07) is 0. The second-order valence-electron chi connectivity index (χ2n) is 6.69. The van der Waals surface area contributed by atoms with Gasteiger partial charge in [-0.1, -0.05) is 0 Å². The molecule has 3 heterocycles. The molecule has 0 aliphatic carbocycles. The first-order chi connectivity index (χ1) is 10.8. The molecule has 0 bridgehead atoms. The van der Waals surface area contributed by atoms with Crippen molar-refractivity contribution < 1.29 is 18.3 Å². The van der Waals surface area contributed by atoms with Crippen LogP contribution in [0.5, 0.6) is 0 Å². The van der Waals surface area contributed by atoms with E-state index in [2.05, 4.69) is 22.1 Å². The lowest BCUT2D eigenvalue weighted by molar-refractivity contribution is -0.208. The van der Waals surface area contributed by atoms with Crippen molar-refractivity contribution in [1.29, 1.82) is 0 Å². The van der Waals surface area contributed by atoms with E-state index in [4.69, 9.17) is 0 Å². The molecule has 23 heavy (non-hydrogen) atoms. The van der Waals surface area contributed by atoms with E-state index >= 15 is 0 Å². The normalized spacial score (nSPS) is 23.0. The van der Waals surface area contributed by atoms with E-state index in [1.165, 1.54) is 0 Å². The third-order valence-corrected chi connectivity index (χ3v) is 4.96. The van der Waals surface area contributed by atoms with Crippen molar-refractivity contribution in [2.24, 2.45) is 0 Å². The fraction of sp³-hybridized carbons (Fsp3) is 0.800. The van der Waals surface area contributed by atoms with Gasteiger partial charge < -0.3 is 10.0 Å². The molecule has 8 heteroatoms. The van der Waals surface area contributed by atoms with Crippen LogP contribution in [-0.2, 0) is 13.0 Å². The van der Waals surface area contributed by atoms with Gasteiger partial charge in [-0.15, -0.1) is 0 Å². The number of H-pyrrole nitrogens is 1. The molecule has 0 aromatic carbocycles. The number of alkyl halides is 3. The molecule has 130 valence electrons. The molecule has 2 aliphatic heterocycles. The number of hydrogen-bond donors (Lipinski definition) is 2. The summed E-state index contributed by atoms with van der Waals surface area (Å²) in [6.45, 7) is 2.60. The standard InChI is InChI=1S/C15H23F3N4O/c1-21-5-2-10(3-6-21)14-11-8-22(7-4-12(11)19-20-14)9-13(23)15(16,17)18/h10,13,23H,2-9H2,1H3,(H,19,20). The van der Waals surface area contributed by atoms with Crippen LogP contribution in [0.1, 0.15) is 35.7 Å². The highest BCUT2D eigenvalue weighted by atomic mass is 19.4. The van der Waals surface area contributed by atoms with Crippen LogP contribution in [0.25, 0.3) is 0 Å². The Bertz CT molecular complexity index is 537. The zero-order chi connectivity index (χ0) is 16.6. The Kier molecular flexibility index (Phi) is 4.66. The van der Waals surface area contributed by atoms with Crippen molar-refractivity contribution in [3.63, 3.8) is 0 Å². The maximum atomic E-state index is 12.5. The lowest BCUT2D eigenvalue weighted by atomic mass is 9.89. The number of piperidine rings is 1. The first-order valence-electron chi connectivity index (χ1n) is 8.06. The average molecular weight is 332 g/mol. The van der Waals surface area contributed by atoms with Crippen LogP contribution in [-0.4, -0.2) is 70.6 Å². The monoisotopic (exact) mass is 332 g/mol. The first kappa shape index (κ1) is 16.7. The number of rotatable bonds is 3. The molecule has 1 fully saturated rings. The number of nitrogens with zero attached hydrogens (tertiary/aromatic N) is 3. The van der Waals surface area contributed by atoms with E-state index in [1.54, 1.807) is 4.90 Å². The van der Waals surface area contributed by atoms with Gasteiger partial charge in [-0.3, -0.25) is 10.00 Å². The minimum Gasteiger partial charge on any atom is -0.382 e. The number of nitrogens with one attached hydrogen (secondary N) is 1. The van der Waals surface area contributed by atoms with Gasteiger partial charge in [0.1, 0.15) is 0 Å². The average Bonchev–Trinajstić information content (AvgIpc) is 2.90. The van der Waals surface area contributed by atoms with Crippen molar-refractivity contribution in [3.05, 3.63) is 17.0 Å². The summed E-state index contributed by atoms with van der Waals surface area (Å²) in [7, 11) is 2.09. The number of likely N-dealkylation sites (tertiary alicyclic amines) is 1. The molecule has 0 amide bonds. The summed E-state index contributed by atoms with van der Waals surface area (Å²) < 4.78 is 37.6. The van der Waals surface area contributed by atoms with E-state index in [0.29, 0.717) is 25.4 Å². The number of halogens is 3. The van der Waals surface area contributed by atoms with Gasteiger partial charge in [-0.25, -0.2) is 0 Å². The largest absolute Gasteiger partial charge is 0.415 e. The number of aromatic nitrogens is 2. The number of aliphatic hydroxyl groups is 1. The maximum Gasteiger partial charge on any atom is 0.415 e. The predicted octanol–water partition coefficient (Wildman–Crippen LogP) is 1.50. The summed E-state index contributed by atoms with van der Waals surface area (Å²) in [4.78, 5) is 3.95. The second kappa shape index (κ2) is 6.41. The smallest absolute Gasteiger partial charge is 0.382 e. The highest BCUT2D eigenvalue weighted by Gasteiger charge is 2.40. The number of hydrogen-bond acceptors (Lipinski definition) is 4. The zero-order valence-electron chi connectivity index (χ0n) is 13.2. The molecule has 1 atom stereocenters. The summed E-state index contributed by atoms with van der Waals surface area (Å²) in [6.07, 6.45) is -4.15. The van der Waals surface area contributed by atoms with Crippen LogP contribution < -0.4 is 0 Å². The lowest BCUT2D eigenvalue weighted by Crippen LogP contribution is -2.43. The third-order valence-electron chi connectivity index (χ3n) is 4.96. The highest BCUT2D eigenvalue weighted by Crippen LogP contribution is 2.32. The fourth-order valence-corrected chi connectivity index (χ4v) is 3.50. The summed E-state index contributed by atoms with van der Waals surface area (Å²) in [5.74, 6) is 0.374. The van der Waals surface area contributed by atoms with Crippen molar-refractivity contribution >= 4 is 0 Å². The van der Waals surface area contributed by atoms with Gasteiger partial charge in [0.25, 0.3) is 0 Å². The molecular weight excluding hydrogens is 309 g/mol. The van der Waals surface area contributed by atoms with E-state index in [0.717, 1.165) is 42.9 Å². The lowest BCUT2D eigenvalue weighted by Gasteiger charge is -2.32. The van der Waals surface area contributed by atoms with Gasteiger partial charge in [0.05, 0.1) is 5.69 Å². The molecule has 2 N–H and O–H groups in total. The van der Waals surface area contributed by atoms with Gasteiger partial charge in [-0.2, -0.15) is 18.3 Å². The maximum absolute atomic E-state index is 12.5. The quantitative estimate of drug-likeness (QED) is 0.881. The number of fused-ring (bicyclic) bond motifs is 1. The number of β-amino-alcohol motifs (C(OH)–C–C–N with tert-alkyl or cyclic N) is 1. The minimum atomic E-state index is -4.56. The van der Waals surface area contributed by atoms with Gasteiger partial charge in [-0.05, 0) is 33.0 Å². The summed E-state index contributed by atoms with van der Waals surface area (Å²) in [5, 5.41) is 16.8. The van der Waals surface area contributed by atoms with E-state index < -0.39 is 12.3 Å². The molecule has 1 aromatic rings. The fourth-order valence-electron chi connectivity index (χ4n) is 3.50. The Labute approximate surface area is 133 Å². The molecule has 1 aromatic heterocycles. The SMILES string of the molecule is CN1CCC(c2n[nH]c3c2CN(CC(O)C(F)(F)F)CC3)CC1. The first-order valence-corrected chi connectivity index (χ1v) is 8.06. The van der Waals surface area contributed by atoms with Crippen LogP contribution in [0.15, 0.2) is 0 Å². The van der Waals surface area contributed by atoms with Gasteiger partial charge in [0.2, 0.25) is 0 Å². The van der Waals surface area contributed by atoms with Crippen LogP contribution in [0.4, 0.5) is 13.2 Å². The van der Waals surface area contributed by atoms with Crippen molar-refractivity contribution in [1.82, 2.24) is 20.0 Å². The Morgan fingerprint density at radius 1 is 1.30 bits per heavy atom. The molecule has 5 nitrogen and oxygen atoms in total. The molecule has 1 unspecified atom stereocenters. The molecule has 0 saturated carbocycles. The van der Waals surface area contributed by atoms with Gasteiger partial charge in [0.15, 0.2) is 6.10 Å². The topological polar surface area (TPSA) is 55.4 Å². The van der Waals surface area contributed by atoms with E-state index in [-0.39, 0.29) is 6.54 Å². The van der Waals surface area contributed by atoms with E-state index in [9.17, 15) is 18.3 Å². The second-order valence-corrected chi connectivity index (χ2v) is 6.69. The third kappa shape index (κ3) is 3.70. The van der Waals surface area contributed by atoms with Gasteiger partial charge >= 0.3 is 6.18 Å². The van der Waals surface area contributed by atoms with E-state index in [1.807, 2.05) is 0 Å². The summed E-state index contributed by atoms with van der Waals surface area (Å²) in [5.41, 5.74) is 3.09. The molecular formula is C15H23F3N4O. The Balaban J connectivity index is 1.69. The molecule has 0 radical (unpaired) electrons. The molecule has 3 rings (SSSR count). The highest BCUT2D eigenvalue weighted by molar-refractivity contribution is 5.30. The number of aliphatic hydroxyl groups excluding tert-OH is 1. The Hall–Kier alpha value is -1.12. The summed E-state index contributed by atoms with van der Waals surface area (Å²) >= 11 is 0. The molecule has 2 aliphatic rings. The Morgan fingerprint density at radius 3 is 2.65 bits per heavy atom.